The molecule has 2 aromatic rings. The molecule has 0 saturated heterocycles. The Bertz CT molecular complexity index is 525. The van der Waals surface area contributed by atoms with Crippen LogP contribution in [-0.4, -0.2) is 25.2 Å². The highest BCUT2D eigenvalue weighted by molar-refractivity contribution is 5.84. The summed E-state index contributed by atoms with van der Waals surface area (Å²) < 4.78 is 5.84. The quantitative estimate of drug-likeness (QED) is 0.775. The lowest BCUT2D eigenvalue weighted by Crippen LogP contribution is -2.11. The maximum Gasteiger partial charge on any atom is 0.145 e. The Balaban J connectivity index is 2.24. The summed E-state index contributed by atoms with van der Waals surface area (Å²) in [6, 6.07) is 10.3. The lowest BCUT2D eigenvalue weighted by Gasteiger charge is -2.09. The van der Waals surface area contributed by atoms with Gasteiger partial charge in [0.2, 0.25) is 0 Å². The molecule has 0 aliphatic heterocycles. The van der Waals surface area contributed by atoms with E-state index >= 15 is 0 Å². The zero-order valence-corrected chi connectivity index (χ0v) is 11.8. The van der Waals surface area contributed by atoms with Crippen molar-refractivity contribution < 1.29 is 4.74 Å². The number of para-hydroxylation sites is 1. The van der Waals surface area contributed by atoms with Crippen molar-refractivity contribution >= 4 is 10.9 Å². The number of rotatable bonds is 7. The molecule has 0 amide bonds. The van der Waals surface area contributed by atoms with Crippen LogP contribution in [-0.2, 0) is 6.42 Å². The molecule has 1 N–H and O–H groups in total. The molecule has 1 heterocycles. The molecule has 1 aromatic heterocycles. The van der Waals surface area contributed by atoms with Crippen LogP contribution in [0.25, 0.3) is 10.9 Å². The van der Waals surface area contributed by atoms with Crippen molar-refractivity contribution in [1.82, 2.24) is 10.3 Å². The number of pyridine rings is 1. The molecular weight excluding hydrogens is 236 g/mol. The number of nitrogens with one attached hydrogen (secondary N) is 1. The van der Waals surface area contributed by atoms with Gasteiger partial charge in [0.15, 0.2) is 0 Å². The van der Waals surface area contributed by atoms with E-state index in [0.717, 1.165) is 54.8 Å². The van der Waals surface area contributed by atoms with Crippen molar-refractivity contribution in [3.05, 3.63) is 36.0 Å². The summed E-state index contributed by atoms with van der Waals surface area (Å²) in [7, 11) is 1.96. The van der Waals surface area contributed by atoms with Crippen molar-refractivity contribution in [3.63, 3.8) is 0 Å². The monoisotopic (exact) mass is 258 g/mol. The summed E-state index contributed by atoms with van der Waals surface area (Å²) in [5.74, 6) is 0.900. The highest BCUT2D eigenvalue weighted by Gasteiger charge is 2.04. The number of hydrogen-bond donors (Lipinski definition) is 1. The van der Waals surface area contributed by atoms with E-state index in [9.17, 15) is 0 Å². The number of benzene rings is 1. The molecule has 0 saturated carbocycles. The normalized spacial score (nSPS) is 10.8. The molecule has 2 rings (SSSR count). The molecule has 0 bridgehead atoms. The number of unbranched alkanes of at least 4 members (excludes halogenated alkanes) is 1. The topological polar surface area (TPSA) is 34.1 Å². The predicted molar refractivity (Wildman–Crippen MR) is 79.8 cm³/mol. The van der Waals surface area contributed by atoms with Crippen LogP contribution in [0.5, 0.6) is 5.75 Å². The summed E-state index contributed by atoms with van der Waals surface area (Å²) >= 11 is 0. The minimum atomic E-state index is 0.762. The number of ether oxygens (including phenoxy) is 1. The number of fused-ring (bicyclic) bond motifs is 1. The van der Waals surface area contributed by atoms with Gasteiger partial charge in [0.05, 0.1) is 6.61 Å². The Morgan fingerprint density at radius 2 is 2.11 bits per heavy atom. The summed E-state index contributed by atoms with van der Waals surface area (Å²) in [4.78, 5) is 4.73. The first kappa shape index (κ1) is 13.8. The van der Waals surface area contributed by atoms with Crippen LogP contribution < -0.4 is 10.1 Å². The van der Waals surface area contributed by atoms with E-state index in [0.29, 0.717) is 0 Å². The van der Waals surface area contributed by atoms with E-state index in [1.807, 2.05) is 19.2 Å². The molecule has 0 atom stereocenters. The van der Waals surface area contributed by atoms with E-state index in [4.69, 9.17) is 9.72 Å². The molecule has 3 heteroatoms. The van der Waals surface area contributed by atoms with Gasteiger partial charge in [-0.1, -0.05) is 31.5 Å². The zero-order valence-electron chi connectivity index (χ0n) is 11.8. The lowest BCUT2D eigenvalue weighted by atomic mass is 10.1. The van der Waals surface area contributed by atoms with E-state index in [2.05, 4.69) is 30.4 Å². The molecule has 0 unspecified atom stereocenters. The first-order valence-electron chi connectivity index (χ1n) is 7.01. The van der Waals surface area contributed by atoms with Crippen molar-refractivity contribution in [1.29, 1.82) is 0 Å². The van der Waals surface area contributed by atoms with Gasteiger partial charge in [-0.2, -0.15) is 0 Å². The summed E-state index contributed by atoms with van der Waals surface area (Å²) in [5.41, 5.74) is 2.08. The SMILES string of the molecule is CCCCOc1cccc2ccc(CCNC)nc12. The number of hydrogen-bond acceptors (Lipinski definition) is 3. The summed E-state index contributed by atoms with van der Waals surface area (Å²) in [6.45, 7) is 3.87. The molecule has 0 radical (unpaired) electrons. The molecule has 1 aromatic carbocycles. The van der Waals surface area contributed by atoms with Gasteiger partial charge >= 0.3 is 0 Å². The molecular formula is C16H22N2O. The molecule has 0 aliphatic rings. The first-order valence-corrected chi connectivity index (χ1v) is 7.01. The maximum atomic E-state index is 5.84. The summed E-state index contributed by atoms with van der Waals surface area (Å²) in [6.07, 6.45) is 3.16. The fourth-order valence-corrected chi connectivity index (χ4v) is 2.00. The third kappa shape index (κ3) is 3.67. The van der Waals surface area contributed by atoms with Gasteiger partial charge in [-0.15, -0.1) is 0 Å². The van der Waals surface area contributed by atoms with Crippen LogP contribution >= 0.6 is 0 Å². The van der Waals surface area contributed by atoms with Gasteiger partial charge < -0.3 is 10.1 Å². The average molecular weight is 258 g/mol. The van der Waals surface area contributed by atoms with Gasteiger partial charge in [0.25, 0.3) is 0 Å². The largest absolute Gasteiger partial charge is 0.491 e. The smallest absolute Gasteiger partial charge is 0.145 e. The molecule has 0 spiro atoms. The van der Waals surface area contributed by atoms with E-state index in [1.54, 1.807) is 0 Å². The van der Waals surface area contributed by atoms with Crippen molar-refractivity contribution in [2.45, 2.75) is 26.2 Å². The van der Waals surface area contributed by atoms with Gasteiger partial charge in [0.1, 0.15) is 11.3 Å². The van der Waals surface area contributed by atoms with Crippen LogP contribution in [0.1, 0.15) is 25.5 Å². The highest BCUT2D eigenvalue weighted by atomic mass is 16.5. The van der Waals surface area contributed by atoms with E-state index in [-0.39, 0.29) is 0 Å². The van der Waals surface area contributed by atoms with Crippen LogP contribution in [0.3, 0.4) is 0 Å². The second-order valence-electron chi connectivity index (χ2n) is 4.69. The minimum absolute atomic E-state index is 0.762. The van der Waals surface area contributed by atoms with E-state index in [1.165, 1.54) is 0 Å². The molecule has 3 nitrogen and oxygen atoms in total. The predicted octanol–water partition coefficient (Wildman–Crippen LogP) is 3.18. The van der Waals surface area contributed by atoms with Crippen LogP contribution in [0.2, 0.25) is 0 Å². The molecule has 0 aliphatic carbocycles. The Morgan fingerprint density at radius 1 is 1.21 bits per heavy atom. The maximum absolute atomic E-state index is 5.84. The van der Waals surface area contributed by atoms with E-state index < -0.39 is 0 Å². The fraction of sp³-hybridized carbons (Fsp3) is 0.438. The van der Waals surface area contributed by atoms with Crippen molar-refractivity contribution in [2.75, 3.05) is 20.2 Å². The fourth-order valence-electron chi connectivity index (χ4n) is 2.00. The first-order chi connectivity index (χ1) is 9.35. The highest BCUT2D eigenvalue weighted by Crippen LogP contribution is 2.24. The number of aromatic nitrogens is 1. The minimum Gasteiger partial charge on any atom is -0.491 e. The third-order valence-electron chi connectivity index (χ3n) is 3.13. The van der Waals surface area contributed by atoms with Gasteiger partial charge in [-0.3, -0.25) is 0 Å². The van der Waals surface area contributed by atoms with Gasteiger partial charge in [0, 0.05) is 24.0 Å². The second-order valence-corrected chi connectivity index (χ2v) is 4.69. The Labute approximate surface area is 115 Å². The number of nitrogens with zero attached hydrogens (tertiary/aromatic N) is 1. The second kappa shape index (κ2) is 7.10. The Morgan fingerprint density at radius 3 is 2.89 bits per heavy atom. The standard InChI is InChI=1S/C16H22N2O/c1-3-4-12-19-15-7-5-6-13-8-9-14(10-11-17-2)18-16(13)15/h5-9,17H,3-4,10-12H2,1-2H3. The zero-order chi connectivity index (χ0) is 13.5. The van der Waals surface area contributed by atoms with Crippen LogP contribution in [0, 0.1) is 0 Å². The lowest BCUT2D eigenvalue weighted by molar-refractivity contribution is 0.312. The molecule has 19 heavy (non-hydrogen) atoms. The average Bonchev–Trinajstić information content (AvgIpc) is 2.45. The Hall–Kier alpha value is -1.61. The van der Waals surface area contributed by atoms with Crippen molar-refractivity contribution in [3.8, 4) is 5.75 Å². The van der Waals surface area contributed by atoms with Gasteiger partial charge in [-0.05, 0) is 25.6 Å². The molecule has 0 fully saturated rings. The number of likely N-dealkylation sites (N-methyl/N-ethyl adjacent to an activating group) is 1. The third-order valence-corrected chi connectivity index (χ3v) is 3.13. The Kier molecular flexibility index (Phi) is 5.16. The molecule has 102 valence electrons. The van der Waals surface area contributed by atoms with Gasteiger partial charge in [-0.25, -0.2) is 4.98 Å². The summed E-state index contributed by atoms with van der Waals surface area (Å²) in [5, 5.41) is 4.29. The van der Waals surface area contributed by atoms with Crippen LogP contribution in [0.4, 0.5) is 0 Å². The van der Waals surface area contributed by atoms with Crippen molar-refractivity contribution in [2.24, 2.45) is 0 Å². The van der Waals surface area contributed by atoms with Crippen LogP contribution in [0.15, 0.2) is 30.3 Å².